The summed E-state index contributed by atoms with van der Waals surface area (Å²) in [6, 6.07) is 0. The Morgan fingerprint density at radius 3 is 2.23 bits per heavy atom. The third-order valence-corrected chi connectivity index (χ3v) is 5.43. The fraction of sp³-hybridized carbons (Fsp3) is 1.00. The number of hydrogen-bond acceptors (Lipinski definition) is 3. The van der Waals surface area contributed by atoms with Gasteiger partial charge < -0.3 is 8.74 Å². The molecule has 0 rings (SSSR count). The van der Waals surface area contributed by atoms with E-state index >= 15 is 0 Å². The normalized spacial score (nSPS) is 17.0. The summed E-state index contributed by atoms with van der Waals surface area (Å²) in [6.45, 7) is 10.2. The monoisotopic (exact) mass is 224 g/mol. The van der Waals surface area contributed by atoms with E-state index in [1.54, 1.807) is 6.66 Å². The van der Waals surface area contributed by atoms with Gasteiger partial charge in [-0.05, 0) is 26.1 Å². The van der Waals surface area contributed by atoms with Crippen LogP contribution in [0.5, 0.6) is 0 Å². The molecule has 1 atom stereocenters. The van der Waals surface area contributed by atoms with E-state index in [0.717, 1.165) is 12.8 Å². The Morgan fingerprint density at radius 1 is 1.31 bits per heavy atom. The Hall–Kier alpha value is 0.367. The molecule has 0 radical (unpaired) electrons. The highest BCUT2D eigenvalue weighted by Crippen LogP contribution is 2.46. The first-order valence-electron chi connectivity index (χ1n) is 4.69. The molecule has 5 heteroatoms. The first-order valence-corrected chi connectivity index (χ1v) is 10.1. The van der Waals surface area contributed by atoms with Crippen LogP contribution >= 0.6 is 7.60 Å². The van der Waals surface area contributed by atoms with Gasteiger partial charge in [0, 0.05) is 6.66 Å². The van der Waals surface area contributed by atoms with Gasteiger partial charge in [-0.1, -0.05) is 13.3 Å². The Balaban J connectivity index is 3.88. The van der Waals surface area contributed by atoms with Crippen LogP contribution in [0, 0.1) is 0 Å². The van der Waals surface area contributed by atoms with Gasteiger partial charge in [-0.2, -0.15) is 0 Å². The lowest BCUT2D eigenvalue weighted by Crippen LogP contribution is -2.24. The Bertz CT molecular complexity index is 188. The molecule has 0 aromatic heterocycles. The first kappa shape index (κ1) is 13.4. The van der Waals surface area contributed by atoms with E-state index in [9.17, 15) is 4.57 Å². The highest BCUT2D eigenvalue weighted by molar-refractivity contribution is 7.54. The predicted octanol–water partition coefficient (Wildman–Crippen LogP) is 3.48. The van der Waals surface area contributed by atoms with Gasteiger partial charge in [-0.3, -0.25) is 4.57 Å². The van der Waals surface area contributed by atoms with Gasteiger partial charge in [-0.25, -0.2) is 0 Å². The van der Waals surface area contributed by atoms with E-state index < -0.39 is 15.9 Å². The van der Waals surface area contributed by atoms with Gasteiger partial charge in [0.25, 0.3) is 0 Å². The van der Waals surface area contributed by atoms with E-state index in [1.165, 1.54) is 0 Å². The average Bonchev–Trinajstić information content (AvgIpc) is 1.81. The largest absolute Gasteiger partial charge is 0.351 e. The maximum Gasteiger partial charge on any atom is 0.318 e. The zero-order chi connectivity index (χ0) is 10.5. The van der Waals surface area contributed by atoms with Crippen molar-refractivity contribution in [2.75, 3.05) is 13.3 Å². The molecule has 0 aliphatic rings. The molecular weight excluding hydrogens is 203 g/mol. The summed E-state index contributed by atoms with van der Waals surface area (Å²) in [5.41, 5.74) is 0. The molecule has 1 unspecified atom stereocenters. The zero-order valence-electron chi connectivity index (χ0n) is 9.29. The van der Waals surface area contributed by atoms with Crippen molar-refractivity contribution in [1.29, 1.82) is 0 Å². The van der Waals surface area contributed by atoms with Crippen molar-refractivity contribution in [1.82, 2.24) is 0 Å². The molecule has 0 N–H and O–H groups in total. The van der Waals surface area contributed by atoms with Crippen LogP contribution in [-0.4, -0.2) is 21.6 Å². The quantitative estimate of drug-likeness (QED) is 0.393. The SMILES string of the molecule is CCCCOP(C)(=O)O[Si](C)(C)C. The lowest BCUT2D eigenvalue weighted by atomic mass is 10.4. The third kappa shape index (κ3) is 8.69. The Morgan fingerprint density at radius 2 is 1.85 bits per heavy atom. The molecule has 0 aliphatic heterocycles. The smallest absolute Gasteiger partial charge is 0.318 e. The van der Waals surface area contributed by atoms with Gasteiger partial charge in [0.1, 0.15) is 0 Å². The van der Waals surface area contributed by atoms with Crippen molar-refractivity contribution < 1.29 is 13.3 Å². The summed E-state index contributed by atoms with van der Waals surface area (Å²) in [4.78, 5) is 0. The van der Waals surface area contributed by atoms with Crippen LogP contribution in [0.1, 0.15) is 19.8 Å². The van der Waals surface area contributed by atoms with Crippen molar-refractivity contribution in [2.45, 2.75) is 39.4 Å². The van der Waals surface area contributed by atoms with Crippen molar-refractivity contribution in [2.24, 2.45) is 0 Å². The van der Waals surface area contributed by atoms with Gasteiger partial charge in [-0.15, -0.1) is 0 Å². The second-order valence-corrected chi connectivity index (χ2v) is 10.9. The molecule has 3 nitrogen and oxygen atoms in total. The van der Waals surface area contributed by atoms with E-state index in [1.807, 2.05) is 19.6 Å². The topological polar surface area (TPSA) is 35.5 Å². The van der Waals surface area contributed by atoms with E-state index in [2.05, 4.69) is 6.92 Å². The molecule has 0 aliphatic carbocycles. The fourth-order valence-corrected chi connectivity index (χ4v) is 5.55. The summed E-state index contributed by atoms with van der Waals surface area (Å²) < 4.78 is 22.4. The second-order valence-electron chi connectivity index (χ2n) is 4.16. The van der Waals surface area contributed by atoms with E-state index in [0.29, 0.717) is 6.61 Å². The molecule has 0 saturated heterocycles. The number of rotatable bonds is 6. The third-order valence-electron chi connectivity index (χ3n) is 1.26. The molecule has 0 amide bonds. The Labute approximate surface area is 82.5 Å². The summed E-state index contributed by atoms with van der Waals surface area (Å²) in [6.07, 6.45) is 1.99. The maximum absolute atomic E-state index is 11.7. The van der Waals surface area contributed by atoms with E-state index in [-0.39, 0.29) is 0 Å². The lowest BCUT2D eigenvalue weighted by Gasteiger charge is -2.22. The minimum Gasteiger partial charge on any atom is -0.351 e. The molecule has 0 aromatic carbocycles. The molecular formula is C8H21O3PSi. The fourth-order valence-electron chi connectivity index (χ4n) is 0.899. The van der Waals surface area contributed by atoms with Gasteiger partial charge in [0.15, 0.2) is 8.32 Å². The average molecular weight is 224 g/mol. The van der Waals surface area contributed by atoms with Crippen LogP contribution in [0.3, 0.4) is 0 Å². The molecule has 0 spiro atoms. The molecule has 80 valence electrons. The summed E-state index contributed by atoms with van der Waals surface area (Å²) in [5, 5.41) is 0. The predicted molar refractivity (Wildman–Crippen MR) is 58.8 cm³/mol. The van der Waals surface area contributed by atoms with Crippen LogP contribution < -0.4 is 0 Å². The number of unbranched alkanes of at least 4 members (excludes halogenated alkanes) is 1. The van der Waals surface area contributed by atoms with Gasteiger partial charge >= 0.3 is 7.60 Å². The van der Waals surface area contributed by atoms with Crippen molar-refractivity contribution in [3.63, 3.8) is 0 Å². The highest BCUT2D eigenvalue weighted by atomic mass is 31.2. The van der Waals surface area contributed by atoms with Gasteiger partial charge in [0.2, 0.25) is 0 Å². The molecule has 0 heterocycles. The molecule has 0 aromatic rings. The van der Waals surface area contributed by atoms with Crippen molar-refractivity contribution in [3.8, 4) is 0 Å². The minimum atomic E-state index is -2.78. The van der Waals surface area contributed by atoms with E-state index in [4.69, 9.17) is 8.74 Å². The standard InChI is InChI=1S/C8H21O3PSi/c1-6-7-8-10-12(2,9)11-13(3,4)5/h6-8H2,1-5H3. The summed E-state index contributed by atoms with van der Waals surface area (Å²) >= 11 is 0. The van der Waals surface area contributed by atoms with Gasteiger partial charge in [0.05, 0.1) is 6.61 Å². The Kier molecular flexibility index (Phi) is 5.45. The molecule has 13 heavy (non-hydrogen) atoms. The van der Waals surface area contributed by atoms with Crippen LogP contribution in [0.25, 0.3) is 0 Å². The highest BCUT2D eigenvalue weighted by Gasteiger charge is 2.26. The molecule has 0 bridgehead atoms. The van der Waals surface area contributed by atoms with Crippen LogP contribution in [0.2, 0.25) is 19.6 Å². The van der Waals surface area contributed by atoms with Crippen LogP contribution in [0.4, 0.5) is 0 Å². The van der Waals surface area contributed by atoms with Crippen LogP contribution in [0.15, 0.2) is 0 Å². The number of hydrogen-bond donors (Lipinski definition) is 0. The van der Waals surface area contributed by atoms with Crippen molar-refractivity contribution >= 4 is 15.9 Å². The second kappa shape index (κ2) is 5.30. The first-order chi connectivity index (χ1) is 5.77. The molecule has 0 saturated carbocycles. The lowest BCUT2D eigenvalue weighted by molar-refractivity contribution is 0.264. The zero-order valence-corrected chi connectivity index (χ0v) is 11.2. The van der Waals surface area contributed by atoms with Crippen LogP contribution in [-0.2, 0) is 13.3 Å². The summed E-state index contributed by atoms with van der Waals surface area (Å²) in [5.74, 6) is 0. The van der Waals surface area contributed by atoms with Crippen molar-refractivity contribution in [3.05, 3.63) is 0 Å². The summed E-state index contributed by atoms with van der Waals surface area (Å²) in [7, 11) is -4.52. The maximum atomic E-state index is 11.7. The minimum absolute atomic E-state index is 0.536. The molecule has 0 fully saturated rings.